The summed E-state index contributed by atoms with van der Waals surface area (Å²) < 4.78 is 4.91. The zero-order valence-corrected chi connectivity index (χ0v) is 7.29. The molecule has 0 aromatic heterocycles. The number of cyclic esters (lactones) is 1. The second-order valence-electron chi connectivity index (χ2n) is 3.66. The summed E-state index contributed by atoms with van der Waals surface area (Å²) in [4.78, 5) is 13.5. The molecule has 12 heavy (non-hydrogen) atoms. The Morgan fingerprint density at radius 3 is 2.75 bits per heavy atom. The van der Waals surface area contributed by atoms with Gasteiger partial charge >= 0.3 is 5.97 Å². The number of ether oxygens (including phenoxy) is 1. The first kappa shape index (κ1) is 8.05. The van der Waals surface area contributed by atoms with Crippen molar-refractivity contribution in [2.45, 2.75) is 19.3 Å². The van der Waals surface area contributed by atoms with E-state index in [0.717, 1.165) is 13.0 Å². The van der Waals surface area contributed by atoms with Crippen molar-refractivity contribution >= 4 is 5.97 Å². The lowest BCUT2D eigenvalue weighted by atomic mass is 10.1. The van der Waals surface area contributed by atoms with E-state index in [2.05, 4.69) is 4.90 Å². The van der Waals surface area contributed by atoms with E-state index in [-0.39, 0.29) is 11.9 Å². The van der Waals surface area contributed by atoms with Gasteiger partial charge in [-0.25, -0.2) is 0 Å². The summed E-state index contributed by atoms with van der Waals surface area (Å²) in [6.45, 7) is 3.91. The molecule has 1 atom stereocenters. The van der Waals surface area contributed by atoms with Crippen LogP contribution >= 0.6 is 0 Å². The first-order valence-electron chi connectivity index (χ1n) is 4.75. The maximum atomic E-state index is 11.1. The van der Waals surface area contributed by atoms with Crippen molar-refractivity contribution in [1.29, 1.82) is 0 Å². The van der Waals surface area contributed by atoms with Crippen LogP contribution in [0.5, 0.6) is 0 Å². The topological polar surface area (TPSA) is 29.5 Å². The fraction of sp³-hybridized carbons (Fsp3) is 0.889. The number of nitrogens with zero attached hydrogens (tertiary/aromatic N) is 1. The SMILES string of the molecule is O=C1OCCC1CN1CCCC1. The molecule has 2 aliphatic rings. The third kappa shape index (κ3) is 1.61. The Morgan fingerprint density at radius 2 is 2.17 bits per heavy atom. The van der Waals surface area contributed by atoms with Crippen molar-refractivity contribution in [3.05, 3.63) is 0 Å². The van der Waals surface area contributed by atoms with Crippen molar-refractivity contribution in [2.75, 3.05) is 26.2 Å². The van der Waals surface area contributed by atoms with Crippen LogP contribution < -0.4 is 0 Å². The van der Waals surface area contributed by atoms with Gasteiger partial charge in [0.25, 0.3) is 0 Å². The van der Waals surface area contributed by atoms with Crippen LogP contribution in [0.25, 0.3) is 0 Å². The van der Waals surface area contributed by atoms with Crippen LogP contribution in [0.4, 0.5) is 0 Å². The molecule has 2 heterocycles. The zero-order chi connectivity index (χ0) is 8.39. The molecule has 2 saturated heterocycles. The molecule has 0 aromatic carbocycles. The van der Waals surface area contributed by atoms with Gasteiger partial charge in [0.05, 0.1) is 12.5 Å². The van der Waals surface area contributed by atoms with Crippen LogP contribution in [-0.2, 0) is 9.53 Å². The lowest BCUT2D eigenvalue weighted by Gasteiger charge is -2.16. The summed E-state index contributed by atoms with van der Waals surface area (Å²) >= 11 is 0. The predicted molar refractivity (Wildman–Crippen MR) is 44.7 cm³/mol. The minimum atomic E-state index is 0.0156. The van der Waals surface area contributed by atoms with E-state index < -0.39 is 0 Å². The lowest BCUT2D eigenvalue weighted by molar-refractivity contribution is -0.141. The van der Waals surface area contributed by atoms with Crippen molar-refractivity contribution in [3.8, 4) is 0 Å². The van der Waals surface area contributed by atoms with Gasteiger partial charge in [-0.1, -0.05) is 0 Å². The molecule has 0 N–H and O–H groups in total. The van der Waals surface area contributed by atoms with Crippen molar-refractivity contribution < 1.29 is 9.53 Å². The predicted octanol–water partition coefficient (Wildman–Crippen LogP) is 0.645. The maximum absolute atomic E-state index is 11.1. The van der Waals surface area contributed by atoms with E-state index in [4.69, 9.17) is 4.74 Å². The summed E-state index contributed by atoms with van der Waals surface area (Å²) in [6.07, 6.45) is 3.51. The summed E-state index contributed by atoms with van der Waals surface area (Å²) in [7, 11) is 0. The second-order valence-corrected chi connectivity index (χ2v) is 3.66. The molecule has 0 aliphatic carbocycles. The molecule has 0 saturated carbocycles. The number of hydrogen-bond acceptors (Lipinski definition) is 3. The fourth-order valence-electron chi connectivity index (χ4n) is 1.98. The number of rotatable bonds is 2. The Morgan fingerprint density at radius 1 is 1.42 bits per heavy atom. The van der Waals surface area contributed by atoms with E-state index in [0.29, 0.717) is 6.61 Å². The third-order valence-electron chi connectivity index (χ3n) is 2.72. The van der Waals surface area contributed by atoms with Crippen LogP contribution in [0, 0.1) is 5.92 Å². The van der Waals surface area contributed by atoms with E-state index >= 15 is 0 Å². The molecule has 2 fully saturated rings. The van der Waals surface area contributed by atoms with Crippen LogP contribution in [0.2, 0.25) is 0 Å². The monoisotopic (exact) mass is 169 g/mol. The highest BCUT2D eigenvalue weighted by molar-refractivity contribution is 5.74. The molecule has 0 bridgehead atoms. The summed E-state index contributed by atoms with van der Waals surface area (Å²) in [5, 5.41) is 0. The Labute approximate surface area is 72.7 Å². The molecular formula is C9H15NO2. The molecular weight excluding hydrogens is 154 g/mol. The molecule has 3 heteroatoms. The molecule has 0 radical (unpaired) electrons. The Hall–Kier alpha value is -0.570. The average Bonchev–Trinajstić information content (AvgIpc) is 2.65. The second kappa shape index (κ2) is 3.44. The van der Waals surface area contributed by atoms with E-state index in [1.54, 1.807) is 0 Å². The highest BCUT2D eigenvalue weighted by Crippen LogP contribution is 2.18. The molecule has 0 amide bonds. The quantitative estimate of drug-likeness (QED) is 0.568. The highest BCUT2D eigenvalue weighted by atomic mass is 16.5. The third-order valence-corrected chi connectivity index (χ3v) is 2.72. The molecule has 2 aliphatic heterocycles. The number of esters is 1. The van der Waals surface area contributed by atoms with Gasteiger partial charge in [-0.2, -0.15) is 0 Å². The Bertz CT molecular complexity index is 175. The first-order chi connectivity index (χ1) is 5.86. The maximum Gasteiger partial charge on any atom is 0.310 e. The van der Waals surface area contributed by atoms with Crippen LogP contribution in [0.15, 0.2) is 0 Å². The normalized spacial score (nSPS) is 31.0. The minimum absolute atomic E-state index is 0.0156. The largest absolute Gasteiger partial charge is 0.465 e. The van der Waals surface area contributed by atoms with Crippen molar-refractivity contribution in [2.24, 2.45) is 5.92 Å². The van der Waals surface area contributed by atoms with Crippen LogP contribution in [0.3, 0.4) is 0 Å². The standard InChI is InChI=1S/C9H15NO2/c11-9-8(3-6-12-9)7-10-4-1-2-5-10/h8H,1-7H2. The molecule has 0 aromatic rings. The number of carbonyl (C=O) groups excluding carboxylic acids is 1. The highest BCUT2D eigenvalue weighted by Gasteiger charge is 2.28. The van der Waals surface area contributed by atoms with Gasteiger partial charge in [0, 0.05) is 6.54 Å². The van der Waals surface area contributed by atoms with Gasteiger partial charge in [0.1, 0.15) is 0 Å². The van der Waals surface area contributed by atoms with Gasteiger partial charge in [-0.05, 0) is 32.4 Å². The molecule has 68 valence electrons. The molecule has 2 rings (SSSR count). The van der Waals surface area contributed by atoms with Gasteiger partial charge in [0.2, 0.25) is 0 Å². The van der Waals surface area contributed by atoms with Crippen molar-refractivity contribution in [3.63, 3.8) is 0 Å². The first-order valence-corrected chi connectivity index (χ1v) is 4.75. The summed E-state index contributed by atoms with van der Waals surface area (Å²) in [6, 6.07) is 0. The number of hydrogen-bond donors (Lipinski definition) is 0. The van der Waals surface area contributed by atoms with E-state index in [1.807, 2.05) is 0 Å². The summed E-state index contributed by atoms with van der Waals surface area (Å²) in [5.41, 5.74) is 0. The van der Waals surface area contributed by atoms with E-state index in [1.165, 1.54) is 25.9 Å². The zero-order valence-electron chi connectivity index (χ0n) is 7.29. The average molecular weight is 169 g/mol. The lowest BCUT2D eigenvalue weighted by Crippen LogP contribution is -2.28. The smallest absolute Gasteiger partial charge is 0.310 e. The molecule has 3 nitrogen and oxygen atoms in total. The van der Waals surface area contributed by atoms with Gasteiger partial charge in [0.15, 0.2) is 0 Å². The van der Waals surface area contributed by atoms with E-state index in [9.17, 15) is 4.79 Å². The van der Waals surface area contributed by atoms with Gasteiger partial charge < -0.3 is 9.64 Å². The molecule has 0 spiro atoms. The summed E-state index contributed by atoms with van der Waals surface area (Å²) in [5.74, 6) is 0.185. The Kier molecular flexibility index (Phi) is 2.30. The molecule has 1 unspecified atom stereocenters. The number of carbonyl (C=O) groups is 1. The van der Waals surface area contributed by atoms with Gasteiger partial charge in [-0.15, -0.1) is 0 Å². The Balaban J connectivity index is 1.81. The minimum Gasteiger partial charge on any atom is -0.465 e. The van der Waals surface area contributed by atoms with Gasteiger partial charge in [-0.3, -0.25) is 4.79 Å². The van der Waals surface area contributed by atoms with Crippen LogP contribution in [-0.4, -0.2) is 37.1 Å². The number of likely N-dealkylation sites (tertiary alicyclic amines) is 1. The fourth-order valence-corrected chi connectivity index (χ4v) is 1.98. The van der Waals surface area contributed by atoms with Crippen molar-refractivity contribution in [1.82, 2.24) is 4.90 Å². The van der Waals surface area contributed by atoms with Crippen LogP contribution in [0.1, 0.15) is 19.3 Å².